The molecule has 1 aliphatic heterocycles. The van der Waals surface area contributed by atoms with Gasteiger partial charge in [0.2, 0.25) is 5.91 Å². The highest BCUT2D eigenvalue weighted by molar-refractivity contribution is 9.10. The van der Waals surface area contributed by atoms with Crippen molar-refractivity contribution < 1.29 is 19.1 Å². The van der Waals surface area contributed by atoms with Crippen molar-refractivity contribution in [1.82, 2.24) is 20.2 Å². The molecule has 1 fully saturated rings. The van der Waals surface area contributed by atoms with Gasteiger partial charge < -0.3 is 24.7 Å². The molecule has 3 rings (SSSR count). The molecule has 0 aliphatic carbocycles. The highest BCUT2D eigenvalue weighted by Crippen LogP contribution is 2.36. The van der Waals surface area contributed by atoms with E-state index in [-0.39, 0.29) is 23.8 Å². The van der Waals surface area contributed by atoms with Gasteiger partial charge in [-0.25, -0.2) is 9.78 Å². The summed E-state index contributed by atoms with van der Waals surface area (Å²) in [5.74, 6) is 0.672. The van der Waals surface area contributed by atoms with Crippen LogP contribution in [0.15, 0.2) is 34.9 Å². The maximum absolute atomic E-state index is 13.5. The van der Waals surface area contributed by atoms with Crippen LogP contribution in [-0.4, -0.2) is 60.3 Å². The van der Waals surface area contributed by atoms with Crippen molar-refractivity contribution in [1.29, 1.82) is 0 Å². The van der Waals surface area contributed by atoms with Crippen LogP contribution in [0.5, 0.6) is 0 Å². The molecule has 2 heterocycles. The van der Waals surface area contributed by atoms with E-state index in [1.54, 1.807) is 18.2 Å². The van der Waals surface area contributed by atoms with Crippen LogP contribution in [0.25, 0.3) is 11.3 Å². The third-order valence-electron chi connectivity index (χ3n) is 5.53. The number of benzene rings is 1. The summed E-state index contributed by atoms with van der Waals surface area (Å²) in [4.78, 5) is 35.0. The molecule has 8 nitrogen and oxygen atoms in total. The fourth-order valence-electron chi connectivity index (χ4n) is 3.94. The molecule has 0 spiro atoms. The number of amides is 2. The second kappa shape index (κ2) is 10.3. The SMILES string of the molecule is COC[C@H]1C[C@@H](c2ncc(-c3ccc(Br)cc3)[nH]2)N(C(=O)[C@@H](NC(=O)OC)C(C)C)C1. The monoisotopic (exact) mass is 492 g/mol. The summed E-state index contributed by atoms with van der Waals surface area (Å²) >= 11 is 3.45. The average Bonchev–Trinajstić information content (AvgIpc) is 3.39. The first-order valence-corrected chi connectivity index (χ1v) is 11.1. The number of imidazole rings is 1. The normalized spacial score (nSPS) is 19.5. The molecule has 9 heteroatoms. The summed E-state index contributed by atoms with van der Waals surface area (Å²) in [6.45, 7) is 4.89. The maximum atomic E-state index is 13.5. The number of hydrogen-bond donors (Lipinski definition) is 2. The number of methoxy groups -OCH3 is 2. The molecule has 2 amide bonds. The summed E-state index contributed by atoms with van der Waals surface area (Å²) in [7, 11) is 2.95. The van der Waals surface area contributed by atoms with Gasteiger partial charge in [-0.2, -0.15) is 0 Å². The first-order valence-electron chi connectivity index (χ1n) is 10.3. The predicted octanol–water partition coefficient (Wildman–Crippen LogP) is 3.76. The lowest BCUT2D eigenvalue weighted by Gasteiger charge is -2.30. The number of hydrogen-bond acceptors (Lipinski definition) is 5. The van der Waals surface area contributed by atoms with Crippen molar-refractivity contribution in [3.63, 3.8) is 0 Å². The molecule has 168 valence electrons. The van der Waals surface area contributed by atoms with Gasteiger partial charge >= 0.3 is 6.09 Å². The fraction of sp³-hybridized carbons (Fsp3) is 0.500. The Balaban J connectivity index is 1.87. The number of carbonyl (C=O) groups excluding carboxylic acids is 2. The maximum Gasteiger partial charge on any atom is 0.407 e. The third kappa shape index (κ3) is 5.46. The van der Waals surface area contributed by atoms with Gasteiger partial charge in [0.25, 0.3) is 0 Å². The van der Waals surface area contributed by atoms with Gasteiger partial charge in [0.05, 0.1) is 31.6 Å². The summed E-state index contributed by atoms with van der Waals surface area (Å²) in [5, 5.41) is 2.68. The lowest BCUT2D eigenvalue weighted by atomic mass is 10.0. The van der Waals surface area contributed by atoms with E-state index in [9.17, 15) is 9.59 Å². The van der Waals surface area contributed by atoms with E-state index in [1.807, 2.05) is 38.1 Å². The Labute approximate surface area is 190 Å². The summed E-state index contributed by atoms with van der Waals surface area (Å²) in [6, 6.07) is 7.04. The minimum Gasteiger partial charge on any atom is -0.453 e. The molecule has 0 saturated carbocycles. The highest BCUT2D eigenvalue weighted by Gasteiger charge is 2.41. The fourth-order valence-corrected chi connectivity index (χ4v) is 4.21. The van der Waals surface area contributed by atoms with Crippen LogP contribution in [0.1, 0.15) is 32.1 Å². The van der Waals surface area contributed by atoms with Crippen LogP contribution < -0.4 is 5.32 Å². The molecule has 0 unspecified atom stereocenters. The van der Waals surface area contributed by atoms with Gasteiger partial charge in [-0.05, 0) is 30.0 Å². The molecule has 1 aromatic heterocycles. The summed E-state index contributed by atoms with van der Waals surface area (Å²) in [6.07, 6.45) is 1.90. The second-order valence-corrected chi connectivity index (χ2v) is 9.03. The highest BCUT2D eigenvalue weighted by atomic mass is 79.9. The van der Waals surface area contributed by atoms with E-state index < -0.39 is 12.1 Å². The number of ether oxygens (including phenoxy) is 2. The van der Waals surface area contributed by atoms with Crippen molar-refractivity contribution in [3.05, 3.63) is 40.8 Å². The van der Waals surface area contributed by atoms with Crippen molar-refractivity contribution >= 4 is 27.9 Å². The number of aromatic nitrogens is 2. The number of halogens is 1. The molecule has 2 aromatic rings. The minimum absolute atomic E-state index is 0.0938. The van der Waals surface area contributed by atoms with Crippen molar-refractivity contribution in [2.45, 2.75) is 32.4 Å². The van der Waals surface area contributed by atoms with Gasteiger partial charge in [-0.3, -0.25) is 4.79 Å². The van der Waals surface area contributed by atoms with Crippen LogP contribution in [0.4, 0.5) is 4.79 Å². The first-order chi connectivity index (χ1) is 14.8. The molecule has 0 radical (unpaired) electrons. The van der Waals surface area contributed by atoms with E-state index in [0.717, 1.165) is 28.0 Å². The Hall–Kier alpha value is -2.39. The standard InChI is InChI=1S/C22H29BrN4O4/c1-13(2)19(26-22(29)31-4)21(28)27-11-14(12-30-3)9-18(27)20-24-10-17(25-20)15-5-7-16(23)8-6-15/h5-8,10,13-14,18-19H,9,11-12H2,1-4H3,(H,24,25)(H,26,29)/t14-,18-,19-/m0/s1. The van der Waals surface area contributed by atoms with E-state index in [0.29, 0.717) is 13.2 Å². The molecule has 1 aliphatic rings. The third-order valence-corrected chi connectivity index (χ3v) is 6.06. The number of aromatic amines is 1. The van der Waals surface area contributed by atoms with Gasteiger partial charge in [-0.1, -0.05) is 41.9 Å². The van der Waals surface area contributed by atoms with Crippen LogP contribution >= 0.6 is 15.9 Å². The van der Waals surface area contributed by atoms with E-state index in [1.165, 1.54) is 7.11 Å². The zero-order valence-corrected chi connectivity index (χ0v) is 19.8. The lowest BCUT2D eigenvalue weighted by Crippen LogP contribution is -2.51. The average molecular weight is 493 g/mol. The Morgan fingerprint density at radius 2 is 2.00 bits per heavy atom. The van der Waals surface area contributed by atoms with Gasteiger partial charge in [-0.15, -0.1) is 0 Å². The number of nitrogens with zero attached hydrogens (tertiary/aromatic N) is 2. The summed E-state index contributed by atoms with van der Waals surface area (Å²) < 4.78 is 11.1. The molecule has 31 heavy (non-hydrogen) atoms. The Morgan fingerprint density at radius 1 is 1.29 bits per heavy atom. The molecule has 3 atom stereocenters. The van der Waals surface area contributed by atoms with Gasteiger partial charge in [0, 0.05) is 24.0 Å². The zero-order chi connectivity index (χ0) is 22.5. The predicted molar refractivity (Wildman–Crippen MR) is 120 cm³/mol. The second-order valence-electron chi connectivity index (χ2n) is 8.11. The van der Waals surface area contributed by atoms with Crippen LogP contribution in [0, 0.1) is 11.8 Å². The number of nitrogens with one attached hydrogen (secondary N) is 2. The largest absolute Gasteiger partial charge is 0.453 e. The topological polar surface area (TPSA) is 96.5 Å². The summed E-state index contributed by atoms with van der Waals surface area (Å²) in [5.41, 5.74) is 1.90. The first kappa shape index (κ1) is 23.3. The molecular formula is C22H29BrN4O4. The van der Waals surface area contributed by atoms with Crippen LogP contribution in [0.3, 0.4) is 0 Å². The van der Waals surface area contributed by atoms with Gasteiger partial charge in [0.15, 0.2) is 0 Å². The molecule has 1 saturated heterocycles. The van der Waals surface area contributed by atoms with E-state index in [4.69, 9.17) is 9.47 Å². The van der Waals surface area contributed by atoms with Crippen molar-refractivity contribution in [2.24, 2.45) is 11.8 Å². The number of carbonyl (C=O) groups is 2. The van der Waals surface area contributed by atoms with E-state index >= 15 is 0 Å². The van der Waals surface area contributed by atoms with E-state index in [2.05, 4.69) is 31.2 Å². The molecule has 1 aromatic carbocycles. The molecular weight excluding hydrogens is 464 g/mol. The molecule has 2 N–H and O–H groups in total. The number of H-pyrrole nitrogens is 1. The zero-order valence-electron chi connectivity index (χ0n) is 18.2. The van der Waals surface area contributed by atoms with Crippen molar-refractivity contribution in [2.75, 3.05) is 27.4 Å². The van der Waals surface area contributed by atoms with Crippen LogP contribution in [-0.2, 0) is 14.3 Å². The Kier molecular flexibility index (Phi) is 7.72. The number of likely N-dealkylation sites (tertiary alicyclic amines) is 1. The minimum atomic E-state index is -0.683. The molecule has 0 bridgehead atoms. The van der Waals surface area contributed by atoms with Gasteiger partial charge in [0.1, 0.15) is 11.9 Å². The Bertz CT molecular complexity index is 899. The van der Waals surface area contributed by atoms with Crippen LogP contribution in [0.2, 0.25) is 0 Å². The van der Waals surface area contributed by atoms with Crippen molar-refractivity contribution in [3.8, 4) is 11.3 Å². The Morgan fingerprint density at radius 3 is 2.61 bits per heavy atom. The number of rotatable bonds is 7. The number of alkyl carbamates (subject to hydrolysis) is 1. The smallest absolute Gasteiger partial charge is 0.407 e. The lowest BCUT2D eigenvalue weighted by molar-refractivity contribution is -0.135. The quantitative estimate of drug-likeness (QED) is 0.613.